The predicted octanol–water partition coefficient (Wildman–Crippen LogP) is 2.00. The van der Waals surface area contributed by atoms with Gasteiger partial charge in [0.25, 0.3) is 0 Å². The number of esters is 1. The quantitative estimate of drug-likeness (QED) is 0.623. The van der Waals surface area contributed by atoms with Crippen molar-refractivity contribution in [2.75, 3.05) is 13.7 Å². The van der Waals surface area contributed by atoms with Crippen molar-refractivity contribution >= 4 is 23.9 Å². The molecule has 1 aliphatic rings. The fraction of sp³-hybridized carbons (Fsp3) is 0.450. The summed E-state index contributed by atoms with van der Waals surface area (Å²) < 4.78 is 4.79. The van der Waals surface area contributed by atoms with Crippen LogP contribution < -0.4 is 5.32 Å². The molecule has 1 aliphatic heterocycles. The van der Waals surface area contributed by atoms with Gasteiger partial charge >= 0.3 is 5.97 Å². The lowest BCUT2D eigenvalue weighted by Gasteiger charge is -2.29. The monoisotopic (exact) mass is 358 g/mol. The van der Waals surface area contributed by atoms with Crippen LogP contribution in [0.25, 0.3) is 6.08 Å². The van der Waals surface area contributed by atoms with Crippen LogP contribution in [0.2, 0.25) is 0 Å². The van der Waals surface area contributed by atoms with Crippen LogP contribution in [-0.2, 0) is 19.1 Å². The Balaban J connectivity index is 2.05. The van der Waals surface area contributed by atoms with Gasteiger partial charge in [-0.15, -0.1) is 0 Å². The van der Waals surface area contributed by atoms with E-state index in [9.17, 15) is 14.4 Å². The Morgan fingerprint density at radius 1 is 1.23 bits per heavy atom. The lowest BCUT2D eigenvalue weighted by atomic mass is 10.0. The second kappa shape index (κ2) is 9.17. The van der Waals surface area contributed by atoms with E-state index in [1.165, 1.54) is 18.1 Å². The first-order chi connectivity index (χ1) is 12.4. The van der Waals surface area contributed by atoms with Crippen LogP contribution in [0.5, 0.6) is 0 Å². The molecular weight excluding hydrogens is 332 g/mol. The first kappa shape index (κ1) is 19.7. The highest BCUT2D eigenvalue weighted by molar-refractivity contribution is 5.96. The summed E-state index contributed by atoms with van der Waals surface area (Å²) >= 11 is 0. The van der Waals surface area contributed by atoms with Crippen molar-refractivity contribution in [2.24, 2.45) is 5.92 Å². The molecule has 6 nitrogen and oxygen atoms in total. The van der Waals surface area contributed by atoms with E-state index in [4.69, 9.17) is 4.74 Å². The molecule has 1 fully saturated rings. The molecule has 140 valence electrons. The van der Waals surface area contributed by atoms with Crippen molar-refractivity contribution in [3.05, 3.63) is 42.0 Å². The van der Waals surface area contributed by atoms with Crippen molar-refractivity contribution in [1.29, 1.82) is 0 Å². The number of methoxy groups -OCH3 is 1. The minimum atomic E-state index is -0.687. The first-order valence-corrected chi connectivity index (χ1v) is 8.86. The number of ether oxygens (including phenoxy) is 1. The second-order valence-electron chi connectivity index (χ2n) is 6.69. The molecule has 0 aromatic heterocycles. The lowest BCUT2D eigenvalue weighted by molar-refractivity contribution is -0.152. The van der Waals surface area contributed by atoms with Crippen molar-refractivity contribution in [1.82, 2.24) is 10.2 Å². The van der Waals surface area contributed by atoms with E-state index in [-0.39, 0.29) is 17.7 Å². The molecule has 1 heterocycles. The zero-order valence-corrected chi connectivity index (χ0v) is 15.5. The van der Waals surface area contributed by atoms with E-state index < -0.39 is 18.1 Å². The van der Waals surface area contributed by atoms with Gasteiger partial charge in [-0.3, -0.25) is 9.59 Å². The molecule has 1 aromatic carbocycles. The van der Waals surface area contributed by atoms with Crippen molar-refractivity contribution in [2.45, 2.75) is 38.8 Å². The summed E-state index contributed by atoms with van der Waals surface area (Å²) in [5.74, 6) is -1.09. The average Bonchev–Trinajstić information content (AvgIpc) is 3.13. The normalized spacial score (nSPS) is 18.2. The third-order valence-corrected chi connectivity index (χ3v) is 4.47. The van der Waals surface area contributed by atoms with Crippen LogP contribution in [0, 0.1) is 5.92 Å². The average molecular weight is 358 g/mol. The zero-order chi connectivity index (χ0) is 19.1. The van der Waals surface area contributed by atoms with Crippen LogP contribution in [0.4, 0.5) is 0 Å². The van der Waals surface area contributed by atoms with E-state index in [1.54, 1.807) is 6.08 Å². The van der Waals surface area contributed by atoms with E-state index in [1.807, 2.05) is 44.2 Å². The summed E-state index contributed by atoms with van der Waals surface area (Å²) in [6.45, 7) is 4.23. The molecule has 1 saturated heterocycles. The summed E-state index contributed by atoms with van der Waals surface area (Å²) in [6, 6.07) is 8.20. The number of carbonyl (C=O) groups is 3. The molecule has 2 atom stereocenters. The summed E-state index contributed by atoms with van der Waals surface area (Å²) in [5, 5.41) is 2.77. The summed E-state index contributed by atoms with van der Waals surface area (Å²) in [4.78, 5) is 38.6. The van der Waals surface area contributed by atoms with E-state index in [0.717, 1.165) is 12.0 Å². The highest BCUT2D eigenvalue weighted by Crippen LogP contribution is 2.21. The van der Waals surface area contributed by atoms with E-state index in [2.05, 4.69) is 5.32 Å². The highest BCUT2D eigenvalue weighted by Gasteiger charge is 2.38. The van der Waals surface area contributed by atoms with Crippen LogP contribution >= 0.6 is 0 Å². The topological polar surface area (TPSA) is 75.7 Å². The maximum Gasteiger partial charge on any atom is 0.328 e. The SMILES string of the molecule is COC(=O)[C@@H]1CCCN1C(=O)[C@@H](NC(=O)/C=C/c1ccccc1)C(C)C. The molecule has 6 heteroatoms. The van der Waals surface area contributed by atoms with Gasteiger partial charge in [-0.05, 0) is 30.4 Å². The maximum atomic E-state index is 12.9. The number of hydrogen-bond acceptors (Lipinski definition) is 4. The number of carbonyl (C=O) groups excluding carboxylic acids is 3. The van der Waals surface area contributed by atoms with Gasteiger partial charge in [0.2, 0.25) is 11.8 Å². The standard InChI is InChI=1S/C20H26N2O4/c1-14(2)18(19(24)22-13-7-10-16(22)20(25)26-3)21-17(23)12-11-15-8-5-4-6-9-15/h4-6,8-9,11-12,14,16,18H,7,10,13H2,1-3H3,(H,21,23)/b12-11+/t16-,18-/m0/s1. The molecule has 2 amide bonds. The smallest absolute Gasteiger partial charge is 0.328 e. The first-order valence-electron chi connectivity index (χ1n) is 8.86. The van der Waals surface area contributed by atoms with Crippen LogP contribution in [0.1, 0.15) is 32.3 Å². The Bertz CT molecular complexity index is 670. The van der Waals surface area contributed by atoms with Gasteiger partial charge in [-0.2, -0.15) is 0 Å². The van der Waals surface area contributed by atoms with Crippen LogP contribution in [-0.4, -0.2) is 48.4 Å². The van der Waals surface area contributed by atoms with Gasteiger partial charge in [-0.25, -0.2) is 4.79 Å². The third kappa shape index (κ3) is 4.94. The highest BCUT2D eigenvalue weighted by atomic mass is 16.5. The lowest BCUT2D eigenvalue weighted by Crippen LogP contribution is -2.53. The molecule has 26 heavy (non-hydrogen) atoms. The number of likely N-dealkylation sites (tertiary alicyclic amines) is 1. The minimum absolute atomic E-state index is 0.101. The van der Waals surface area contributed by atoms with Crippen molar-refractivity contribution in [3.63, 3.8) is 0 Å². The number of benzene rings is 1. The Morgan fingerprint density at radius 2 is 1.92 bits per heavy atom. The summed E-state index contributed by atoms with van der Waals surface area (Å²) in [5.41, 5.74) is 0.903. The Labute approximate surface area is 154 Å². The van der Waals surface area contributed by atoms with Gasteiger partial charge in [-0.1, -0.05) is 44.2 Å². The molecule has 1 aromatic rings. The molecule has 0 bridgehead atoms. The predicted molar refractivity (Wildman–Crippen MR) is 99.0 cm³/mol. The number of nitrogens with zero attached hydrogens (tertiary/aromatic N) is 1. The van der Waals surface area contributed by atoms with Gasteiger partial charge in [0.1, 0.15) is 12.1 Å². The van der Waals surface area contributed by atoms with Gasteiger partial charge < -0.3 is 15.0 Å². The molecular formula is C20H26N2O4. The van der Waals surface area contributed by atoms with Gasteiger partial charge in [0.15, 0.2) is 0 Å². The van der Waals surface area contributed by atoms with Crippen molar-refractivity contribution < 1.29 is 19.1 Å². The van der Waals surface area contributed by atoms with Gasteiger partial charge in [0.05, 0.1) is 7.11 Å². The number of amides is 2. The van der Waals surface area contributed by atoms with Crippen LogP contribution in [0.3, 0.4) is 0 Å². The zero-order valence-electron chi connectivity index (χ0n) is 15.5. The van der Waals surface area contributed by atoms with E-state index in [0.29, 0.717) is 13.0 Å². The summed E-state index contributed by atoms with van der Waals surface area (Å²) in [6.07, 6.45) is 4.45. The molecule has 2 rings (SSSR count). The molecule has 0 saturated carbocycles. The second-order valence-corrected chi connectivity index (χ2v) is 6.69. The largest absolute Gasteiger partial charge is 0.467 e. The third-order valence-electron chi connectivity index (χ3n) is 4.47. The maximum absolute atomic E-state index is 12.9. The number of rotatable bonds is 6. The van der Waals surface area contributed by atoms with Crippen molar-refractivity contribution in [3.8, 4) is 0 Å². The Kier molecular flexibility index (Phi) is 6.95. The molecule has 0 unspecified atom stereocenters. The fourth-order valence-electron chi connectivity index (χ4n) is 3.04. The fourth-order valence-corrected chi connectivity index (χ4v) is 3.04. The molecule has 1 N–H and O–H groups in total. The molecule has 0 aliphatic carbocycles. The minimum Gasteiger partial charge on any atom is -0.467 e. The number of nitrogens with one attached hydrogen (secondary N) is 1. The molecule has 0 spiro atoms. The van der Waals surface area contributed by atoms with Gasteiger partial charge in [0, 0.05) is 12.6 Å². The number of hydrogen-bond donors (Lipinski definition) is 1. The Morgan fingerprint density at radius 3 is 2.54 bits per heavy atom. The Hall–Kier alpha value is -2.63. The summed E-state index contributed by atoms with van der Waals surface area (Å²) in [7, 11) is 1.32. The van der Waals surface area contributed by atoms with Crippen LogP contribution in [0.15, 0.2) is 36.4 Å². The molecule has 0 radical (unpaired) electrons. The van der Waals surface area contributed by atoms with E-state index >= 15 is 0 Å².